The summed E-state index contributed by atoms with van der Waals surface area (Å²) >= 11 is 0. The van der Waals surface area contributed by atoms with Gasteiger partial charge in [0, 0.05) is 24.7 Å². The first kappa shape index (κ1) is 11.9. The molecular weight excluding hydrogens is 244 g/mol. The molecule has 0 bridgehead atoms. The van der Waals surface area contributed by atoms with Crippen LogP contribution in [0.4, 0.5) is 5.82 Å². The maximum Gasteiger partial charge on any atom is 0.252 e. The van der Waals surface area contributed by atoms with Gasteiger partial charge in [0.2, 0.25) is 0 Å². The lowest BCUT2D eigenvalue weighted by Crippen LogP contribution is -2.38. The highest BCUT2D eigenvalue weighted by Crippen LogP contribution is 2.23. The number of fused-ring (bicyclic) bond motifs is 1. The van der Waals surface area contributed by atoms with Gasteiger partial charge in [0.1, 0.15) is 5.82 Å². The zero-order valence-electron chi connectivity index (χ0n) is 10.4. The second-order valence-corrected chi connectivity index (χ2v) is 4.39. The second kappa shape index (κ2) is 4.81. The van der Waals surface area contributed by atoms with E-state index in [1.807, 2.05) is 11.0 Å². The number of pyridine rings is 2. The average molecular weight is 258 g/mol. The van der Waals surface area contributed by atoms with Gasteiger partial charge in [-0.2, -0.15) is 0 Å². The van der Waals surface area contributed by atoms with E-state index in [1.54, 1.807) is 18.5 Å². The zero-order valence-corrected chi connectivity index (χ0v) is 10.4. The van der Waals surface area contributed by atoms with Crippen molar-refractivity contribution in [2.24, 2.45) is 5.73 Å². The van der Waals surface area contributed by atoms with E-state index >= 15 is 0 Å². The summed E-state index contributed by atoms with van der Waals surface area (Å²) in [6, 6.07) is 3.59. The van der Waals surface area contributed by atoms with Gasteiger partial charge in [-0.3, -0.25) is 9.78 Å². The van der Waals surface area contributed by atoms with Crippen LogP contribution < -0.4 is 10.6 Å². The molecule has 0 spiro atoms. The van der Waals surface area contributed by atoms with Crippen molar-refractivity contribution in [3.63, 3.8) is 0 Å². The normalized spacial score (nSPS) is 15.7. The third-order valence-electron chi connectivity index (χ3n) is 3.18. The number of nitrogens with zero attached hydrogens (tertiary/aromatic N) is 3. The maximum atomic E-state index is 11.6. The van der Waals surface area contributed by atoms with Crippen molar-refractivity contribution in [1.82, 2.24) is 9.97 Å². The Balaban J connectivity index is 2.14. The van der Waals surface area contributed by atoms with Crippen LogP contribution in [0.1, 0.15) is 10.4 Å². The summed E-state index contributed by atoms with van der Waals surface area (Å²) in [5.74, 6) is 0.156. The van der Waals surface area contributed by atoms with E-state index in [9.17, 15) is 4.79 Å². The molecule has 0 aliphatic carbocycles. The molecule has 0 aromatic carbocycles. The first-order chi connectivity index (χ1) is 9.25. The zero-order chi connectivity index (χ0) is 13.2. The van der Waals surface area contributed by atoms with Gasteiger partial charge in [-0.1, -0.05) is 0 Å². The van der Waals surface area contributed by atoms with Crippen molar-refractivity contribution in [3.8, 4) is 0 Å². The number of rotatable bonds is 2. The smallest absolute Gasteiger partial charge is 0.252 e. The van der Waals surface area contributed by atoms with E-state index in [0.717, 1.165) is 10.9 Å². The molecular formula is C13H14N4O2. The fraction of sp³-hybridized carbons (Fsp3) is 0.308. The summed E-state index contributed by atoms with van der Waals surface area (Å²) < 4.78 is 5.31. The van der Waals surface area contributed by atoms with Crippen LogP contribution in [0.2, 0.25) is 0 Å². The largest absolute Gasteiger partial charge is 0.378 e. The molecule has 19 heavy (non-hydrogen) atoms. The van der Waals surface area contributed by atoms with Crippen LogP contribution >= 0.6 is 0 Å². The van der Waals surface area contributed by atoms with Gasteiger partial charge in [0.15, 0.2) is 0 Å². The van der Waals surface area contributed by atoms with Gasteiger partial charge in [0.05, 0.1) is 30.5 Å². The first-order valence-electron chi connectivity index (χ1n) is 6.13. The Bertz CT molecular complexity index is 623. The average Bonchev–Trinajstić information content (AvgIpc) is 2.46. The van der Waals surface area contributed by atoms with E-state index in [4.69, 9.17) is 10.5 Å². The lowest BCUT2D eigenvalue weighted by Gasteiger charge is -2.29. The van der Waals surface area contributed by atoms with Crippen LogP contribution in [0.25, 0.3) is 10.9 Å². The molecule has 3 rings (SSSR count). The summed E-state index contributed by atoms with van der Waals surface area (Å²) in [5.41, 5.74) is 6.66. The number of hydrogen-bond donors (Lipinski definition) is 1. The number of aromatic nitrogens is 2. The molecule has 0 unspecified atom stereocenters. The standard InChI is InChI=1S/C13H14N4O2/c14-12(18)10-7-9-1-2-15-8-11(9)16-13(10)17-3-5-19-6-4-17/h1-2,7-8H,3-6H2,(H2,14,18). The molecule has 0 saturated carbocycles. The fourth-order valence-corrected chi connectivity index (χ4v) is 2.20. The van der Waals surface area contributed by atoms with E-state index in [1.165, 1.54) is 0 Å². The number of primary amides is 1. The second-order valence-electron chi connectivity index (χ2n) is 4.39. The summed E-state index contributed by atoms with van der Waals surface area (Å²) in [7, 11) is 0. The van der Waals surface area contributed by atoms with Crippen LogP contribution in [0.5, 0.6) is 0 Å². The van der Waals surface area contributed by atoms with Crippen molar-refractivity contribution in [2.75, 3.05) is 31.2 Å². The van der Waals surface area contributed by atoms with Crippen LogP contribution in [0.15, 0.2) is 24.5 Å². The van der Waals surface area contributed by atoms with E-state index in [-0.39, 0.29) is 0 Å². The van der Waals surface area contributed by atoms with Gasteiger partial charge in [-0.05, 0) is 12.1 Å². The molecule has 3 heterocycles. The molecule has 1 fully saturated rings. The molecule has 1 saturated heterocycles. The Morgan fingerprint density at radius 2 is 2.16 bits per heavy atom. The fourth-order valence-electron chi connectivity index (χ4n) is 2.20. The number of anilines is 1. The van der Waals surface area contributed by atoms with Crippen molar-refractivity contribution in [2.45, 2.75) is 0 Å². The minimum atomic E-state index is -0.465. The Morgan fingerprint density at radius 1 is 1.37 bits per heavy atom. The topological polar surface area (TPSA) is 81.3 Å². The lowest BCUT2D eigenvalue weighted by molar-refractivity contribution is 0.0998. The predicted molar refractivity (Wildman–Crippen MR) is 71.1 cm³/mol. The highest BCUT2D eigenvalue weighted by atomic mass is 16.5. The SMILES string of the molecule is NC(=O)c1cc2ccncc2nc1N1CCOCC1. The molecule has 98 valence electrons. The molecule has 0 radical (unpaired) electrons. The maximum absolute atomic E-state index is 11.6. The van der Waals surface area contributed by atoms with Gasteiger partial charge in [-0.25, -0.2) is 4.98 Å². The number of ether oxygens (including phenoxy) is 1. The lowest BCUT2D eigenvalue weighted by atomic mass is 10.1. The molecule has 2 N–H and O–H groups in total. The third kappa shape index (κ3) is 2.22. The van der Waals surface area contributed by atoms with E-state index in [2.05, 4.69) is 9.97 Å². The predicted octanol–water partition coefficient (Wildman–Crippen LogP) is 0.565. The minimum Gasteiger partial charge on any atom is -0.378 e. The number of hydrogen-bond acceptors (Lipinski definition) is 5. The third-order valence-corrected chi connectivity index (χ3v) is 3.18. The van der Waals surface area contributed by atoms with Crippen molar-refractivity contribution < 1.29 is 9.53 Å². The van der Waals surface area contributed by atoms with Gasteiger partial charge >= 0.3 is 0 Å². The summed E-state index contributed by atoms with van der Waals surface area (Å²) in [6.07, 6.45) is 3.35. The molecule has 6 heteroatoms. The van der Waals surface area contributed by atoms with Crippen LogP contribution in [-0.2, 0) is 4.74 Å². The molecule has 1 aliphatic heterocycles. The number of amides is 1. The van der Waals surface area contributed by atoms with Gasteiger partial charge in [0.25, 0.3) is 5.91 Å². The molecule has 2 aromatic rings. The van der Waals surface area contributed by atoms with Crippen molar-refractivity contribution >= 4 is 22.6 Å². The quantitative estimate of drug-likeness (QED) is 0.851. The van der Waals surface area contributed by atoms with Gasteiger partial charge in [-0.15, -0.1) is 0 Å². The van der Waals surface area contributed by atoms with Crippen LogP contribution in [0.3, 0.4) is 0 Å². The molecule has 1 aliphatic rings. The summed E-state index contributed by atoms with van der Waals surface area (Å²) in [4.78, 5) is 22.2. The van der Waals surface area contributed by atoms with Crippen LogP contribution in [0, 0.1) is 0 Å². The first-order valence-corrected chi connectivity index (χ1v) is 6.13. The highest BCUT2D eigenvalue weighted by molar-refractivity contribution is 6.01. The van der Waals surface area contributed by atoms with Crippen LogP contribution in [-0.4, -0.2) is 42.2 Å². The molecule has 2 aromatic heterocycles. The summed E-state index contributed by atoms with van der Waals surface area (Å²) in [6.45, 7) is 2.67. The Labute approximate surface area is 110 Å². The molecule has 6 nitrogen and oxygen atoms in total. The summed E-state index contributed by atoms with van der Waals surface area (Å²) in [5, 5.41) is 0.862. The number of carbonyl (C=O) groups is 1. The Hall–Kier alpha value is -2.21. The Kier molecular flexibility index (Phi) is 3.00. The number of nitrogens with two attached hydrogens (primary N) is 1. The number of carbonyl (C=O) groups excluding carboxylic acids is 1. The minimum absolute atomic E-state index is 0.445. The van der Waals surface area contributed by atoms with Crippen molar-refractivity contribution in [3.05, 3.63) is 30.1 Å². The van der Waals surface area contributed by atoms with Crippen molar-refractivity contribution in [1.29, 1.82) is 0 Å². The highest BCUT2D eigenvalue weighted by Gasteiger charge is 2.19. The van der Waals surface area contributed by atoms with E-state index in [0.29, 0.717) is 37.7 Å². The monoisotopic (exact) mass is 258 g/mol. The molecule has 1 amide bonds. The molecule has 0 atom stereocenters. The number of morpholine rings is 1. The Morgan fingerprint density at radius 3 is 2.89 bits per heavy atom. The van der Waals surface area contributed by atoms with E-state index < -0.39 is 5.91 Å². The van der Waals surface area contributed by atoms with Gasteiger partial charge < -0.3 is 15.4 Å².